The van der Waals surface area contributed by atoms with E-state index in [0.29, 0.717) is 11.1 Å². The van der Waals surface area contributed by atoms with E-state index in [1.165, 1.54) is 41.4 Å². The SMILES string of the molecule is CN/C=C(\C=N)c1cnc(N)c(-c2cc(F)c(NC(=O)c3cn(C(C)C)c(C#N)c(-c4ccc(F)cc4)c3=O)cc2F)c1. The highest BCUT2D eigenvalue weighted by Gasteiger charge is 2.24. The van der Waals surface area contributed by atoms with E-state index in [2.05, 4.69) is 15.6 Å². The third kappa shape index (κ3) is 6.01. The monoisotopic (exact) mass is 585 g/mol. The number of pyridine rings is 2. The summed E-state index contributed by atoms with van der Waals surface area (Å²) in [6.45, 7) is 3.45. The Kier molecular flexibility index (Phi) is 8.76. The molecule has 218 valence electrons. The van der Waals surface area contributed by atoms with E-state index in [1.807, 2.05) is 6.07 Å². The third-order valence-corrected chi connectivity index (χ3v) is 6.58. The van der Waals surface area contributed by atoms with Crippen molar-refractivity contribution in [2.75, 3.05) is 18.1 Å². The van der Waals surface area contributed by atoms with Crippen LogP contribution in [0.2, 0.25) is 0 Å². The fraction of sp³-hybridized carbons (Fsp3) is 0.129. The van der Waals surface area contributed by atoms with E-state index >= 15 is 8.78 Å². The molecule has 0 aliphatic heterocycles. The average molecular weight is 586 g/mol. The Hall–Kier alpha value is -5.70. The predicted molar refractivity (Wildman–Crippen MR) is 159 cm³/mol. The Morgan fingerprint density at radius 3 is 2.42 bits per heavy atom. The van der Waals surface area contributed by atoms with Gasteiger partial charge in [-0.2, -0.15) is 5.26 Å². The molecule has 2 aromatic carbocycles. The van der Waals surface area contributed by atoms with Gasteiger partial charge in [0.15, 0.2) is 0 Å². The number of amides is 1. The van der Waals surface area contributed by atoms with Crippen molar-refractivity contribution in [3.05, 3.63) is 106 Å². The number of hydrogen-bond acceptors (Lipinski definition) is 7. The van der Waals surface area contributed by atoms with Crippen molar-refractivity contribution in [3.63, 3.8) is 0 Å². The molecule has 0 radical (unpaired) electrons. The Labute approximate surface area is 244 Å². The summed E-state index contributed by atoms with van der Waals surface area (Å²) in [6.07, 6.45) is 5.14. The normalized spacial score (nSPS) is 11.3. The topological polar surface area (TPSA) is 150 Å². The van der Waals surface area contributed by atoms with Crippen LogP contribution in [0.15, 0.2) is 65.9 Å². The number of carbonyl (C=O) groups is 1. The smallest absolute Gasteiger partial charge is 0.261 e. The van der Waals surface area contributed by atoms with E-state index < -0.39 is 40.0 Å². The predicted octanol–water partition coefficient (Wildman–Crippen LogP) is 5.49. The van der Waals surface area contributed by atoms with Crippen molar-refractivity contribution < 1.29 is 18.0 Å². The van der Waals surface area contributed by atoms with Gasteiger partial charge in [-0.25, -0.2) is 18.2 Å². The summed E-state index contributed by atoms with van der Waals surface area (Å²) in [5.41, 5.74) is 4.81. The molecule has 4 rings (SSSR count). The molecule has 0 bridgehead atoms. The molecule has 2 aromatic heterocycles. The largest absolute Gasteiger partial charge is 0.393 e. The van der Waals surface area contributed by atoms with Crippen LogP contribution in [0.4, 0.5) is 24.7 Å². The summed E-state index contributed by atoms with van der Waals surface area (Å²) in [6, 6.07) is 9.48. The van der Waals surface area contributed by atoms with Gasteiger partial charge in [-0.05, 0) is 43.7 Å². The Morgan fingerprint density at radius 1 is 1.12 bits per heavy atom. The van der Waals surface area contributed by atoms with Crippen LogP contribution in [0, 0.1) is 34.2 Å². The minimum absolute atomic E-state index is 0.0473. The van der Waals surface area contributed by atoms with Gasteiger partial charge >= 0.3 is 0 Å². The van der Waals surface area contributed by atoms with E-state index in [-0.39, 0.29) is 39.8 Å². The number of carbonyl (C=O) groups excluding carboxylic acids is 1. The number of aromatic nitrogens is 2. The summed E-state index contributed by atoms with van der Waals surface area (Å²) in [7, 11) is 1.64. The molecule has 5 N–H and O–H groups in total. The molecule has 2 heterocycles. The fourth-order valence-electron chi connectivity index (χ4n) is 4.45. The number of nitriles is 1. The Balaban J connectivity index is 1.78. The van der Waals surface area contributed by atoms with Gasteiger partial charge in [-0.1, -0.05) is 12.1 Å². The molecule has 4 aromatic rings. The van der Waals surface area contributed by atoms with Crippen LogP contribution in [0.25, 0.3) is 27.8 Å². The summed E-state index contributed by atoms with van der Waals surface area (Å²) >= 11 is 0. The van der Waals surface area contributed by atoms with Crippen molar-refractivity contribution in [2.45, 2.75) is 19.9 Å². The molecule has 12 heteroatoms. The molecule has 9 nitrogen and oxygen atoms in total. The van der Waals surface area contributed by atoms with Crippen molar-refractivity contribution in [1.82, 2.24) is 14.9 Å². The standard InChI is InChI=1S/C31H26F3N7O2/c1-16(2)41-15-23(29(42)28(27(41)12-36)17-4-6-20(32)7-5-17)31(43)40-26-10-24(33)21(9-25(26)34)22-8-18(14-39-30(22)37)19(11-35)13-38-3/h4-11,13-16,35,38H,1-3H3,(H2,37,39)(H,40,43)/b19-13+,35-11?. The molecule has 0 unspecified atom stereocenters. The van der Waals surface area contributed by atoms with E-state index in [9.17, 15) is 19.2 Å². The maximum absolute atomic E-state index is 15.4. The number of rotatable bonds is 8. The number of halogens is 3. The van der Waals surface area contributed by atoms with E-state index in [0.717, 1.165) is 30.5 Å². The molecule has 0 spiro atoms. The van der Waals surface area contributed by atoms with Crippen molar-refractivity contribution in [1.29, 1.82) is 10.7 Å². The number of nitrogens with zero attached hydrogens (tertiary/aromatic N) is 3. The number of nitrogens with two attached hydrogens (primary N) is 1. The zero-order valence-electron chi connectivity index (χ0n) is 23.3. The molecule has 0 saturated heterocycles. The second kappa shape index (κ2) is 12.4. The van der Waals surface area contributed by atoms with Gasteiger partial charge in [0.05, 0.1) is 11.3 Å². The molecule has 0 atom stereocenters. The first kappa shape index (κ1) is 30.3. The van der Waals surface area contributed by atoms with Crippen LogP contribution in [0.3, 0.4) is 0 Å². The number of hydrogen-bond donors (Lipinski definition) is 4. The van der Waals surface area contributed by atoms with Gasteiger partial charge in [0, 0.05) is 66.2 Å². The van der Waals surface area contributed by atoms with Gasteiger partial charge in [0.1, 0.15) is 40.6 Å². The molecular formula is C31H26F3N7O2. The van der Waals surface area contributed by atoms with Crippen molar-refractivity contribution in [3.8, 4) is 28.3 Å². The zero-order valence-corrected chi connectivity index (χ0v) is 23.3. The number of benzene rings is 2. The third-order valence-electron chi connectivity index (χ3n) is 6.58. The summed E-state index contributed by atoms with van der Waals surface area (Å²) < 4.78 is 45.7. The van der Waals surface area contributed by atoms with E-state index in [4.69, 9.17) is 11.1 Å². The van der Waals surface area contributed by atoms with Gasteiger partial charge in [0.25, 0.3) is 5.91 Å². The number of nitrogen functional groups attached to an aromatic ring is 1. The second-order valence-corrected chi connectivity index (χ2v) is 9.67. The quantitative estimate of drug-likeness (QED) is 0.201. The lowest BCUT2D eigenvalue weighted by Gasteiger charge is -2.18. The van der Waals surface area contributed by atoms with Gasteiger partial charge in [-0.15, -0.1) is 0 Å². The molecule has 0 aliphatic carbocycles. The lowest BCUT2D eigenvalue weighted by molar-refractivity contribution is 0.102. The first-order valence-electron chi connectivity index (χ1n) is 12.9. The highest BCUT2D eigenvalue weighted by molar-refractivity contribution is 6.08. The van der Waals surface area contributed by atoms with Crippen LogP contribution in [0.5, 0.6) is 0 Å². The Bertz CT molecular complexity index is 1870. The minimum Gasteiger partial charge on any atom is -0.393 e. The minimum atomic E-state index is -1.05. The molecule has 1 amide bonds. The second-order valence-electron chi connectivity index (χ2n) is 9.67. The summed E-state index contributed by atoms with van der Waals surface area (Å²) in [5.74, 6) is -3.66. The molecule has 0 aliphatic rings. The van der Waals surface area contributed by atoms with Crippen LogP contribution in [-0.4, -0.2) is 28.7 Å². The fourth-order valence-corrected chi connectivity index (χ4v) is 4.45. The highest BCUT2D eigenvalue weighted by Crippen LogP contribution is 2.33. The maximum Gasteiger partial charge on any atom is 0.261 e. The first-order chi connectivity index (χ1) is 20.5. The number of allylic oxidation sites excluding steroid dienone is 1. The van der Waals surface area contributed by atoms with Crippen molar-refractivity contribution >= 4 is 29.2 Å². The van der Waals surface area contributed by atoms with Crippen LogP contribution in [-0.2, 0) is 0 Å². The van der Waals surface area contributed by atoms with Crippen LogP contribution < -0.4 is 21.8 Å². The average Bonchev–Trinajstić information content (AvgIpc) is 2.98. The lowest BCUT2D eigenvalue weighted by Crippen LogP contribution is -2.27. The highest BCUT2D eigenvalue weighted by atomic mass is 19.1. The zero-order chi connectivity index (χ0) is 31.4. The van der Waals surface area contributed by atoms with Gasteiger partial charge in [-0.3, -0.25) is 9.59 Å². The first-order valence-corrected chi connectivity index (χ1v) is 12.9. The summed E-state index contributed by atoms with van der Waals surface area (Å²) in [5, 5.41) is 22.5. The van der Waals surface area contributed by atoms with Crippen molar-refractivity contribution in [2.24, 2.45) is 0 Å². The maximum atomic E-state index is 15.4. The van der Waals surface area contributed by atoms with E-state index in [1.54, 1.807) is 20.9 Å². The Morgan fingerprint density at radius 2 is 1.81 bits per heavy atom. The van der Waals surface area contributed by atoms with Gasteiger partial charge in [0.2, 0.25) is 5.43 Å². The van der Waals surface area contributed by atoms with Gasteiger partial charge < -0.3 is 26.3 Å². The molecule has 0 fully saturated rings. The number of nitrogens with one attached hydrogen (secondary N) is 3. The number of anilines is 2. The molecular weight excluding hydrogens is 559 g/mol. The van der Waals surface area contributed by atoms with Crippen LogP contribution in [0.1, 0.15) is 41.5 Å². The van der Waals surface area contributed by atoms with Crippen LogP contribution >= 0.6 is 0 Å². The molecule has 43 heavy (non-hydrogen) atoms. The molecule has 0 saturated carbocycles. The lowest BCUT2D eigenvalue weighted by atomic mass is 9.99. The summed E-state index contributed by atoms with van der Waals surface area (Å²) in [4.78, 5) is 30.8.